The molecule has 706 valence electrons. The van der Waals surface area contributed by atoms with E-state index in [-0.39, 0.29) is 5.92 Å². The highest BCUT2D eigenvalue weighted by molar-refractivity contribution is 6.28. The van der Waals surface area contributed by atoms with Gasteiger partial charge in [-0.05, 0) is 276 Å². The fourth-order valence-corrected chi connectivity index (χ4v) is 24.2. The van der Waals surface area contributed by atoms with Gasteiger partial charge in [-0.15, -0.1) is 0 Å². The number of hydrogen-bond acceptors (Lipinski definition) is 8. The van der Waals surface area contributed by atoms with Crippen LogP contribution in [0.25, 0.3) is 110 Å². The first-order chi connectivity index (χ1) is 71.4. The maximum Gasteiger partial charge on any atom is 0.145 e. The Bertz CT molecular complexity index is 8960. The van der Waals surface area contributed by atoms with Crippen LogP contribution in [0.15, 0.2) is 448 Å². The lowest BCUT2D eigenvalue weighted by Crippen LogP contribution is -2.29. The minimum absolute atomic E-state index is 0.0392. The molecule has 4 heterocycles. The summed E-state index contributed by atoms with van der Waals surface area (Å²) >= 11 is 0. The van der Waals surface area contributed by atoms with Gasteiger partial charge in [0, 0.05) is 89.3 Å². The van der Waals surface area contributed by atoms with Gasteiger partial charge in [0.1, 0.15) is 44.7 Å². The lowest BCUT2D eigenvalue weighted by atomic mass is 9.67. The SMILES string of the molecule is Cc1ccc(N(c2ccc(C)cc2)c2cc3c(c4oc5ccccc5c24)-c2c(cc(N(c4ccc(C)cc4)c4ccc(C)cc4)c4c2oc2cc(CC(C)c5ccc(N(c6ccc(C(C)C)cc6)c6cc7c(c8oc9ccccc9c68)-c6c(cc(N(c8ccc(C(C)C)cc8)c8ccc(C(C)C)cc8)c8c6oc6ccccc68)C7(c6ccccc6)c6ccccc6)cc5)ccc24)C3(c2ccccc2)c2ccccc2)cc1. The molecule has 0 saturated carbocycles. The van der Waals surface area contributed by atoms with Crippen molar-refractivity contribution in [3.8, 4) is 22.3 Å². The number of aryl methyl sites for hydroxylation is 4. The first-order valence-electron chi connectivity index (χ1n) is 51.5. The molecule has 0 bridgehead atoms. The summed E-state index contributed by atoms with van der Waals surface area (Å²) in [7, 11) is 0. The summed E-state index contributed by atoms with van der Waals surface area (Å²) in [5, 5.41) is 8.11. The van der Waals surface area contributed by atoms with Crippen molar-refractivity contribution in [1.29, 1.82) is 0 Å². The van der Waals surface area contributed by atoms with Crippen LogP contribution in [-0.2, 0) is 17.3 Å². The van der Waals surface area contributed by atoms with E-state index in [1.54, 1.807) is 0 Å². The Labute approximate surface area is 852 Å². The van der Waals surface area contributed by atoms with Crippen molar-refractivity contribution in [2.45, 2.75) is 117 Å². The number of rotatable bonds is 22. The molecule has 8 nitrogen and oxygen atoms in total. The van der Waals surface area contributed by atoms with Gasteiger partial charge in [-0.1, -0.05) is 356 Å². The average Bonchev–Trinajstić information content (AvgIpc) is 1.50. The molecule has 0 aliphatic heterocycles. The smallest absolute Gasteiger partial charge is 0.145 e. The Kier molecular flexibility index (Phi) is 21.4. The van der Waals surface area contributed by atoms with Crippen LogP contribution in [0.5, 0.6) is 0 Å². The van der Waals surface area contributed by atoms with E-state index < -0.39 is 10.8 Å². The molecule has 20 aromatic carbocycles. The van der Waals surface area contributed by atoms with Crippen molar-refractivity contribution in [1.82, 2.24) is 0 Å². The molecule has 4 aromatic heterocycles. The van der Waals surface area contributed by atoms with Crippen molar-refractivity contribution in [3.05, 3.63) is 525 Å². The lowest BCUT2D eigenvalue weighted by Gasteiger charge is -2.36. The van der Waals surface area contributed by atoms with Gasteiger partial charge in [0.15, 0.2) is 0 Å². The van der Waals surface area contributed by atoms with Crippen LogP contribution in [0.3, 0.4) is 0 Å². The van der Waals surface area contributed by atoms with E-state index in [1.807, 2.05) is 0 Å². The van der Waals surface area contributed by atoms with Crippen molar-refractivity contribution in [2.24, 2.45) is 0 Å². The van der Waals surface area contributed by atoms with Gasteiger partial charge < -0.3 is 37.3 Å². The summed E-state index contributed by atoms with van der Waals surface area (Å²) in [5.41, 5.74) is 40.3. The Morgan fingerprint density at radius 3 is 0.685 bits per heavy atom. The molecular weight excluding hydrogens is 1780 g/mol. The molecule has 146 heavy (non-hydrogen) atoms. The second-order valence-electron chi connectivity index (χ2n) is 41.4. The number of nitrogens with zero attached hydrogens (tertiary/aromatic N) is 4. The second kappa shape index (κ2) is 35.1. The summed E-state index contributed by atoms with van der Waals surface area (Å²) in [4.78, 5) is 9.90. The molecule has 0 N–H and O–H groups in total. The first kappa shape index (κ1) is 88.9. The summed E-state index contributed by atoms with van der Waals surface area (Å²) in [5.74, 6) is 1.02. The molecule has 0 fully saturated rings. The Balaban J connectivity index is 0.671. The molecule has 0 saturated heterocycles. The monoisotopic (exact) mass is 1890 g/mol. The van der Waals surface area contributed by atoms with Crippen molar-refractivity contribution >= 4 is 156 Å². The maximum atomic E-state index is 8.11. The van der Waals surface area contributed by atoms with Gasteiger partial charge in [0.05, 0.1) is 55.1 Å². The van der Waals surface area contributed by atoms with E-state index in [4.69, 9.17) is 17.7 Å². The fourth-order valence-electron chi connectivity index (χ4n) is 24.2. The van der Waals surface area contributed by atoms with Gasteiger partial charge in [0.25, 0.3) is 0 Å². The van der Waals surface area contributed by atoms with Gasteiger partial charge >= 0.3 is 0 Å². The predicted octanol–water partition coefficient (Wildman–Crippen LogP) is 38.8. The summed E-state index contributed by atoms with van der Waals surface area (Å²) < 4.78 is 31.4. The van der Waals surface area contributed by atoms with Gasteiger partial charge in [0.2, 0.25) is 0 Å². The summed E-state index contributed by atoms with van der Waals surface area (Å²) in [6, 6.07) is 161. The Morgan fingerprint density at radius 1 is 0.212 bits per heavy atom. The standard InChI is InChI=1S/C138H110N4O4/c1-84(2)93-53-69-105(70-54-93)141(106-71-55-94(56-72-106)85(3)4)118-81-113-129(133-126(118)110-39-25-28-42-122(110)143-133)130-114(137(113,97-30-16-12-17-31-97)98-32-18-13-19-33-98)82-119(127-111-40-26-29-43-123(111)144-134(127)130)142(107-73-57-95(58-74-107)86(5)6)108-75-59-96(60-76-108)91(11)78-92-52-77-112-124(79-92)146-136-128(112)120(140(103-65-48-89(9)49-66-103)104-67-50-90(10)51-68-104)83-116-132(136)131-115(138(116,99-34-20-14-21-35-99)100-36-22-15-23-37-100)80-117(125-109-38-24-27-41-121(109)145-135(125)131)139(101-61-44-87(7)45-62-101)102-63-46-88(8)47-64-102/h12-77,79-86,91H,78H2,1-11H3. The van der Waals surface area contributed by atoms with E-state index in [1.165, 1.54) is 44.5 Å². The maximum absolute atomic E-state index is 8.11. The third-order valence-electron chi connectivity index (χ3n) is 31.5. The van der Waals surface area contributed by atoms with Crippen LogP contribution < -0.4 is 19.6 Å². The molecule has 26 rings (SSSR count). The number of fused-ring (bicyclic) bond motifs is 22. The Hall–Kier alpha value is -17.2. The summed E-state index contributed by atoms with van der Waals surface area (Å²) in [6.07, 6.45) is 0.714. The molecule has 2 aliphatic rings. The molecule has 2 aliphatic carbocycles. The van der Waals surface area contributed by atoms with Crippen LogP contribution in [0.4, 0.5) is 68.2 Å². The Morgan fingerprint density at radius 2 is 0.432 bits per heavy atom. The summed E-state index contributed by atoms with van der Waals surface area (Å²) in [6.45, 7) is 24.7. The highest BCUT2D eigenvalue weighted by Crippen LogP contribution is 2.68. The molecule has 0 radical (unpaired) electrons. The molecule has 8 heteroatoms. The normalized spacial score (nSPS) is 13.2. The van der Waals surface area contributed by atoms with E-state index >= 15 is 0 Å². The number of para-hydroxylation sites is 3. The fraction of sp³-hybridized carbons (Fsp3) is 0.130. The zero-order valence-electron chi connectivity index (χ0n) is 83.9. The minimum Gasteiger partial charge on any atom is -0.455 e. The average molecular weight is 1890 g/mol. The van der Waals surface area contributed by atoms with Crippen LogP contribution in [0.2, 0.25) is 0 Å². The zero-order valence-corrected chi connectivity index (χ0v) is 83.9. The lowest BCUT2D eigenvalue weighted by molar-refractivity contribution is 0.664. The van der Waals surface area contributed by atoms with E-state index in [0.29, 0.717) is 24.2 Å². The number of benzene rings is 20. The molecule has 24 aromatic rings. The van der Waals surface area contributed by atoms with Crippen LogP contribution in [0, 0.1) is 27.7 Å². The zero-order chi connectivity index (χ0) is 98.6. The third kappa shape index (κ3) is 14.1. The quantitative estimate of drug-likeness (QED) is 0.0665. The van der Waals surface area contributed by atoms with Crippen LogP contribution >= 0.6 is 0 Å². The van der Waals surface area contributed by atoms with Crippen molar-refractivity contribution in [3.63, 3.8) is 0 Å². The van der Waals surface area contributed by atoms with Gasteiger partial charge in [-0.25, -0.2) is 0 Å². The second-order valence-corrected chi connectivity index (χ2v) is 41.4. The van der Waals surface area contributed by atoms with Crippen LogP contribution in [0.1, 0.15) is 167 Å². The number of furan rings is 4. The molecule has 1 unspecified atom stereocenters. The van der Waals surface area contributed by atoms with E-state index in [2.05, 4.69) is 526 Å². The van der Waals surface area contributed by atoms with E-state index in [9.17, 15) is 0 Å². The number of anilines is 12. The molecular formula is C138H110N4O4. The highest BCUT2D eigenvalue weighted by Gasteiger charge is 2.54. The minimum atomic E-state index is -0.989. The van der Waals surface area contributed by atoms with Crippen molar-refractivity contribution < 1.29 is 17.7 Å². The van der Waals surface area contributed by atoms with Gasteiger partial charge in [-0.3, -0.25) is 0 Å². The topological polar surface area (TPSA) is 65.5 Å². The third-order valence-corrected chi connectivity index (χ3v) is 31.5. The van der Waals surface area contributed by atoms with Gasteiger partial charge in [-0.2, -0.15) is 0 Å². The molecule has 0 amide bonds. The van der Waals surface area contributed by atoms with Crippen LogP contribution in [-0.4, -0.2) is 0 Å². The molecule has 1 atom stereocenters. The highest BCUT2D eigenvalue weighted by atomic mass is 16.3. The van der Waals surface area contributed by atoms with E-state index in [0.717, 1.165) is 228 Å². The predicted molar refractivity (Wildman–Crippen MR) is 609 cm³/mol. The molecule has 0 spiro atoms. The first-order valence-corrected chi connectivity index (χ1v) is 51.5. The largest absolute Gasteiger partial charge is 0.455 e. The number of hydrogen-bond donors (Lipinski definition) is 0. The van der Waals surface area contributed by atoms with Crippen molar-refractivity contribution in [2.75, 3.05) is 19.6 Å².